The molecule has 7 nitrogen and oxygen atoms in total. The first-order chi connectivity index (χ1) is 15.2. The number of carbonyl (C=O) groups is 1. The zero-order chi connectivity index (χ0) is 21.9. The second kappa shape index (κ2) is 11.8. The highest BCUT2D eigenvalue weighted by atomic mass is 16.5. The molecule has 0 aliphatic carbocycles. The van der Waals surface area contributed by atoms with Gasteiger partial charge in [0.2, 0.25) is 5.91 Å². The van der Waals surface area contributed by atoms with Crippen molar-refractivity contribution >= 4 is 11.9 Å². The highest BCUT2D eigenvalue weighted by molar-refractivity contribution is 5.79. The molecule has 1 aliphatic heterocycles. The van der Waals surface area contributed by atoms with Gasteiger partial charge in [0, 0.05) is 26.1 Å². The minimum absolute atomic E-state index is 0.249. The Morgan fingerprint density at radius 2 is 1.87 bits per heavy atom. The molecule has 0 aromatic heterocycles. The van der Waals surface area contributed by atoms with Crippen LogP contribution in [0.25, 0.3) is 0 Å². The molecule has 31 heavy (non-hydrogen) atoms. The Balaban J connectivity index is 1.48. The largest absolute Gasteiger partial charge is 0.497 e. The molecule has 2 N–H and O–H groups in total. The summed E-state index contributed by atoms with van der Waals surface area (Å²) in [5.41, 5.74) is 2.27. The number of aliphatic imine (C=N–C) groups is 1. The van der Waals surface area contributed by atoms with Crippen molar-refractivity contribution in [3.05, 3.63) is 59.7 Å². The molecular formula is C24H32N4O3. The maximum Gasteiger partial charge on any atom is 0.222 e. The number of guanidine groups is 1. The SMILES string of the molecule is CCNC(=NCc1cccc(CN2CCCC2=O)c1)NCCOc1ccc(OC)cc1. The maximum absolute atomic E-state index is 11.9. The molecule has 0 bridgehead atoms. The summed E-state index contributed by atoms with van der Waals surface area (Å²) < 4.78 is 10.9. The van der Waals surface area contributed by atoms with Crippen LogP contribution in [-0.4, -0.2) is 50.1 Å². The van der Waals surface area contributed by atoms with Crippen LogP contribution in [0.3, 0.4) is 0 Å². The lowest BCUT2D eigenvalue weighted by Crippen LogP contribution is -2.39. The number of carbonyl (C=O) groups excluding carboxylic acids is 1. The summed E-state index contributed by atoms with van der Waals surface area (Å²) in [6, 6.07) is 15.8. The van der Waals surface area contributed by atoms with Gasteiger partial charge in [-0.05, 0) is 48.7 Å². The van der Waals surface area contributed by atoms with Gasteiger partial charge in [-0.15, -0.1) is 0 Å². The van der Waals surface area contributed by atoms with Gasteiger partial charge in [0.1, 0.15) is 18.1 Å². The van der Waals surface area contributed by atoms with Crippen molar-refractivity contribution in [2.45, 2.75) is 32.9 Å². The average Bonchev–Trinajstić information content (AvgIpc) is 3.20. The molecule has 1 amide bonds. The Bertz CT molecular complexity index is 867. The molecule has 7 heteroatoms. The van der Waals surface area contributed by atoms with E-state index in [1.165, 1.54) is 0 Å². The molecule has 1 fully saturated rings. The molecule has 3 rings (SSSR count). The van der Waals surface area contributed by atoms with E-state index in [1.54, 1.807) is 7.11 Å². The Hall–Kier alpha value is -3.22. The van der Waals surface area contributed by atoms with Crippen LogP contribution in [0.4, 0.5) is 0 Å². The summed E-state index contributed by atoms with van der Waals surface area (Å²) in [6.07, 6.45) is 1.63. The molecule has 2 aromatic rings. The van der Waals surface area contributed by atoms with Crippen LogP contribution in [0.1, 0.15) is 30.9 Å². The molecule has 166 valence electrons. The molecule has 2 aromatic carbocycles. The van der Waals surface area contributed by atoms with Crippen LogP contribution in [0.2, 0.25) is 0 Å². The van der Waals surface area contributed by atoms with Crippen molar-refractivity contribution in [3.63, 3.8) is 0 Å². The van der Waals surface area contributed by atoms with Crippen LogP contribution in [0.5, 0.6) is 11.5 Å². The predicted octanol–water partition coefficient (Wildman–Crippen LogP) is 2.95. The van der Waals surface area contributed by atoms with Crippen molar-refractivity contribution in [1.29, 1.82) is 0 Å². The van der Waals surface area contributed by atoms with Crippen LogP contribution in [-0.2, 0) is 17.9 Å². The lowest BCUT2D eigenvalue weighted by atomic mass is 10.1. The van der Waals surface area contributed by atoms with Gasteiger partial charge in [-0.25, -0.2) is 4.99 Å². The monoisotopic (exact) mass is 424 g/mol. The number of likely N-dealkylation sites (tertiary alicyclic amines) is 1. The van der Waals surface area contributed by atoms with E-state index in [2.05, 4.69) is 33.8 Å². The summed E-state index contributed by atoms with van der Waals surface area (Å²) in [6.45, 7) is 6.08. The van der Waals surface area contributed by atoms with E-state index < -0.39 is 0 Å². The number of nitrogens with zero attached hydrogens (tertiary/aromatic N) is 2. The number of benzene rings is 2. The van der Waals surface area contributed by atoms with Crippen molar-refractivity contribution in [1.82, 2.24) is 15.5 Å². The zero-order valence-corrected chi connectivity index (χ0v) is 18.4. The number of rotatable bonds is 10. The van der Waals surface area contributed by atoms with E-state index in [0.717, 1.165) is 48.1 Å². The Morgan fingerprint density at radius 1 is 1.10 bits per heavy atom. The molecular weight excluding hydrogens is 392 g/mol. The van der Waals surface area contributed by atoms with Gasteiger partial charge in [-0.2, -0.15) is 0 Å². The molecule has 1 saturated heterocycles. The fraction of sp³-hybridized carbons (Fsp3) is 0.417. The maximum atomic E-state index is 11.9. The Labute approximate surface area is 184 Å². The van der Waals surface area contributed by atoms with Crippen LogP contribution in [0, 0.1) is 0 Å². The molecule has 0 spiro atoms. The standard InChI is InChI=1S/C24H32N4O3/c1-3-25-24(26-13-15-31-22-11-9-21(30-2)10-12-22)27-17-19-6-4-7-20(16-19)18-28-14-5-8-23(28)29/h4,6-7,9-12,16H,3,5,8,13-15,17-18H2,1-2H3,(H2,25,26,27). The number of methoxy groups -OCH3 is 1. The Kier molecular flexibility index (Phi) is 8.58. The number of hydrogen-bond donors (Lipinski definition) is 2. The average molecular weight is 425 g/mol. The minimum Gasteiger partial charge on any atom is -0.497 e. The van der Waals surface area contributed by atoms with E-state index in [0.29, 0.717) is 32.7 Å². The number of ether oxygens (including phenoxy) is 2. The quantitative estimate of drug-likeness (QED) is 0.348. The topological polar surface area (TPSA) is 75.2 Å². The number of nitrogens with one attached hydrogen (secondary N) is 2. The fourth-order valence-corrected chi connectivity index (χ4v) is 3.44. The van der Waals surface area contributed by atoms with Crippen molar-refractivity contribution in [3.8, 4) is 11.5 Å². The van der Waals surface area contributed by atoms with Crippen molar-refractivity contribution < 1.29 is 14.3 Å². The third-order valence-electron chi connectivity index (χ3n) is 5.02. The van der Waals surface area contributed by atoms with E-state index in [4.69, 9.17) is 9.47 Å². The summed E-state index contributed by atoms with van der Waals surface area (Å²) in [4.78, 5) is 18.5. The van der Waals surface area contributed by atoms with Gasteiger partial charge in [0.15, 0.2) is 5.96 Å². The van der Waals surface area contributed by atoms with Crippen molar-refractivity contribution in [2.24, 2.45) is 4.99 Å². The third-order valence-corrected chi connectivity index (χ3v) is 5.02. The van der Waals surface area contributed by atoms with Gasteiger partial charge in [0.05, 0.1) is 20.2 Å². The fourth-order valence-electron chi connectivity index (χ4n) is 3.44. The highest BCUT2D eigenvalue weighted by Crippen LogP contribution is 2.17. The number of amides is 1. The molecule has 0 radical (unpaired) electrons. The van der Waals surface area contributed by atoms with Crippen LogP contribution >= 0.6 is 0 Å². The number of hydrogen-bond acceptors (Lipinski definition) is 4. The van der Waals surface area contributed by atoms with E-state index in [1.807, 2.05) is 42.2 Å². The van der Waals surface area contributed by atoms with E-state index in [9.17, 15) is 4.79 Å². The molecule has 0 atom stereocenters. The molecule has 1 aliphatic rings. The smallest absolute Gasteiger partial charge is 0.222 e. The summed E-state index contributed by atoms with van der Waals surface area (Å²) >= 11 is 0. The van der Waals surface area contributed by atoms with Crippen LogP contribution < -0.4 is 20.1 Å². The Morgan fingerprint density at radius 3 is 2.58 bits per heavy atom. The van der Waals surface area contributed by atoms with Gasteiger partial charge in [-0.3, -0.25) is 4.79 Å². The predicted molar refractivity (Wildman–Crippen MR) is 122 cm³/mol. The van der Waals surface area contributed by atoms with Gasteiger partial charge >= 0.3 is 0 Å². The second-order valence-electron chi connectivity index (χ2n) is 7.38. The van der Waals surface area contributed by atoms with Crippen molar-refractivity contribution in [2.75, 3.05) is 33.4 Å². The van der Waals surface area contributed by atoms with Crippen LogP contribution in [0.15, 0.2) is 53.5 Å². The summed E-state index contributed by atoms with van der Waals surface area (Å²) in [5, 5.41) is 6.56. The minimum atomic E-state index is 0.249. The lowest BCUT2D eigenvalue weighted by molar-refractivity contribution is -0.128. The second-order valence-corrected chi connectivity index (χ2v) is 7.38. The summed E-state index contributed by atoms with van der Waals surface area (Å²) in [7, 11) is 1.64. The third kappa shape index (κ3) is 7.20. The van der Waals surface area contributed by atoms with Gasteiger partial charge in [-0.1, -0.05) is 24.3 Å². The first-order valence-electron chi connectivity index (χ1n) is 10.8. The molecule has 0 unspecified atom stereocenters. The zero-order valence-electron chi connectivity index (χ0n) is 18.4. The first-order valence-corrected chi connectivity index (χ1v) is 10.8. The summed E-state index contributed by atoms with van der Waals surface area (Å²) in [5.74, 6) is 2.61. The van der Waals surface area contributed by atoms with Gasteiger partial charge < -0.3 is 25.0 Å². The van der Waals surface area contributed by atoms with E-state index in [-0.39, 0.29) is 5.91 Å². The first kappa shape index (κ1) is 22.5. The molecule has 1 heterocycles. The highest BCUT2D eigenvalue weighted by Gasteiger charge is 2.19. The van der Waals surface area contributed by atoms with E-state index >= 15 is 0 Å². The lowest BCUT2D eigenvalue weighted by Gasteiger charge is -2.16. The molecule has 0 saturated carbocycles. The normalized spacial score (nSPS) is 13.9. The van der Waals surface area contributed by atoms with Gasteiger partial charge in [0.25, 0.3) is 0 Å².